The highest BCUT2D eigenvalue weighted by atomic mass is 32.2. The fourth-order valence-corrected chi connectivity index (χ4v) is 4.39. The van der Waals surface area contributed by atoms with Gasteiger partial charge in [0.15, 0.2) is 0 Å². The lowest BCUT2D eigenvalue weighted by Gasteiger charge is -2.32. The molecule has 0 aliphatic carbocycles. The Balaban J connectivity index is 1.81. The predicted octanol–water partition coefficient (Wildman–Crippen LogP) is 2.60. The Morgan fingerprint density at radius 1 is 1.13 bits per heavy atom. The van der Waals surface area contributed by atoms with Crippen LogP contribution in [0, 0.1) is 0 Å². The van der Waals surface area contributed by atoms with Gasteiger partial charge in [0.25, 0.3) is 0 Å². The van der Waals surface area contributed by atoms with Gasteiger partial charge >= 0.3 is 0 Å². The molecule has 1 amide bonds. The van der Waals surface area contributed by atoms with E-state index in [2.05, 4.69) is 9.62 Å². The van der Waals surface area contributed by atoms with Crippen molar-refractivity contribution in [2.75, 3.05) is 37.7 Å². The molecule has 7 nitrogen and oxygen atoms in total. The molecule has 1 heterocycles. The number of carbonyl (C=O) groups is 1. The molecule has 1 aliphatic heterocycles. The number of nitrogens with one attached hydrogen (secondary N) is 1. The van der Waals surface area contributed by atoms with Crippen LogP contribution in [0.3, 0.4) is 0 Å². The molecule has 1 fully saturated rings. The number of aromatic hydroxyl groups is 1. The first kappa shape index (κ1) is 22.1. The van der Waals surface area contributed by atoms with Gasteiger partial charge in [-0.1, -0.05) is 30.3 Å². The summed E-state index contributed by atoms with van der Waals surface area (Å²) in [6.07, 6.45) is 3.49. The molecule has 2 aromatic rings. The van der Waals surface area contributed by atoms with Crippen molar-refractivity contribution in [2.45, 2.75) is 25.3 Å². The molecule has 0 radical (unpaired) electrons. The van der Waals surface area contributed by atoms with Crippen molar-refractivity contribution in [2.24, 2.45) is 0 Å². The van der Waals surface area contributed by atoms with Crippen LogP contribution in [-0.2, 0) is 21.2 Å². The number of phenols is 1. The zero-order chi connectivity index (χ0) is 21.7. The molecule has 3 rings (SSSR count). The second-order valence-corrected chi connectivity index (χ2v) is 9.58. The van der Waals surface area contributed by atoms with Gasteiger partial charge in [0, 0.05) is 13.6 Å². The minimum atomic E-state index is -3.44. The van der Waals surface area contributed by atoms with Gasteiger partial charge in [-0.25, -0.2) is 8.42 Å². The first-order valence-electron chi connectivity index (χ1n) is 10.1. The lowest BCUT2D eigenvalue weighted by Crippen LogP contribution is -2.39. The van der Waals surface area contributed by atoms with Crippen LogP contribution in [0.5, 0.6) is 5.75 Å². The Kier molecular flexibility index (Phi) is 6.99. The summed E-state index contributed by atoms with van der Waals surface area (Å²) in [5.41, 5.74) is 2.01. The Morgan fingerprint density at radius 3 is 2.40 bits per heavy atom. The maximum atomic E-state index is 13.2. The first-order chi connectivity index (χ1) is 14.2. The summed E-state index contributed by atoms with van der Waals surface area (Å²) in [6, 6.07) is 13.7. The van der Waals surface area contributed by atoms with E-state index in [0.717, 1.165) is 44.3 Å². The third kappa shape index (κ3) is 5.96. The van der Waals surface area contributed by atoms with Crippen LogP contribution >= 0.6 is 0 Å². The average Bonchev–Trinajstić information content (AvgIpc) is 3.20. The predicted molar refractivity (Wildman–Crippen MR) is 118 cm³/mol. The molecule has 1 atom stereocenters. The van der Waals surface area contributed by atoms with E-state index in [-0.39, 0.29) is 24.1 Å². The van der Waals surface area contributed by atoms with Gasteiger partial charge in [0.05, 0.1) is 24.4 Å². The Morgan fingerprint density at radius 2 is 1.77 bits per heavy atom. The fourth-order valence-electron chi connectivity index (χ4n) is 3.79. The van der Waals surface area contributed by atoms with Crippen LogP contribution < -0.4 is 4.72 Å². The minimum Gasteiger partial charge on any atom is -0.508 e. The van der Waals surface area contributed by atoms with Crippen molar-refractivity contribution in [1.29, 1.82) is 0 Å². The molecule has 0 saturated carbocycles. The topological polar surface area (TPSA) is 90.0 Å². The number of anilines is 1. The van der Waals surface area contributed by atoms with Crippen LogP contribution in [0.15, 0.2) is 48.5 Å². The zero-order valence-electron chi connectivity index (χ0n) is 17.4. The molecule has 1 aliphatic rings. The van der Waals surface area contributed by atoms with E-state index < -0.39 is 10.0 Å². The Labute approximate surface area is 178 Å². The first-order valence-corrected chi connectivity index (χ1v) is 11.9. The highest BCUT2D eigenvalue weighted by Gasteiger charge is 2.26. The number of phenolic OH excluding ortho intramolecular Hbond substituents is 1. The molecule has 0 spiro atoms. The normalized spacial score (nSPS) is 15.7. The summed E-state index contributed by atoms with van der Waals surface area (Å²) in [5.74, 6) is 0.0865. The number of likely N-dealkylation sites (tertiary alicyclic amines) is 1. The zero-order valence-corrected chi connectivity index (χ0v) is 18.2. The minimum absolute atomic E-state index is 0.0871. The van der Waals surface area contributed by atoms with Gasteiger partial charge in [-0.15, -0.1) is 0 Å². The van der Waals surface area contributed by atoms with Gasteiger partial charge in [-0.3, -0.25) is 9.52 Å². The van der Waals surface area contributed by atoms with Gasteiger partial charge in [-0.05, 0) is 55.3 Å². The second kappa shape index (κ2) is 9.49. The molecule has 30 heavy (non-hydrogen) atoms. The molecular formula is C22H29N3O4S. The Bertz CT molecular complexity index is 970. The average molecular weight is 432 g/mol. The summed E-state index contributed by atoms with van der Waals surface area (Å²) in [7, 11) is -1.66. The summed E-state index contributed by atoms with van der Waals surface area (Å²) >= 11 is 0. The summed E-state index contributed by atoms with van der Waals surface area (Å²) in [6.45, 7) is 2.74. The van der Waals surface area contributed by atoms with Gasteiger partial charge in [0.2, 0.25) is 15.9 Å². The van der Waals surface area contributed by atoms with E-state index in [1.54, 1.807) is 48.3 Å². The van der Waals surface area contributed by atoms with Crippen molar-refractivity contribution in [3.8, 4) is 5.75 Å². The maximum absolute atomic E-state index is 13.2. The Hall–Kier alpha value is -2.58. The standard InChI is InChI=1S/C22H29N3O4S/c1-24(22(27)15-18-7-3-4-8-20(18)23-30(2,28)29)21(16-25-13-5-6-14-25)17-9-11-19(26)12-10-17/h3-4,7-12,21,23,26H,5-6,13-16H2,1-2H3. The van der Waals surface area contributed by atoms with Crippen molar-refractivity contribution in [3.63, 3.8) is 0 Å². The number of benzene rings is 2. The number of nitrogens with zero attached hydrogens (tertiary/aromatic N) is 2. The number of hydrogen-bond acceptors (Lipinski definition) is 5. The van der Waals surface area contributed by atoms with Crippen LogP contribution in [0.1, 0.15) is 30.0 Å². The van der Waals surface area contributed by atoms with Crippen LogP contribution in [-0.4, -0.2) is 62.2 Å². The van der Waals surface area contributed by atoms with E-state index in [1.165, 1.54) is 0 Å². The SMILES string of the molecule is CN(C(=O)Cc1ccccc1NS(C)(=O)=O)C(CN1CCCC1)c1ccc(O)cc1. The number of amides is 1. The van der Waals surface area contributed by atoms with Crippen LogP contribution in [0.25, 0.3) is 0 Å². The quantitative estimate of drug-likeness (QED) is 0.671. The number of para-hydroxylation sites is 1. The van der Waals surface area contributed by atoms with Gasteiger partial charge < -0.3 is 14.9 Å². The fraction of sp³-hybridized carbons (Fsp3) is 0.409. The molecule has 1 unspecified atom stereocenters. The lowest BCUT2D eigenvalue weighted by molar-refractivity contribution is -0.131. The molecule has 2 N–H and O–H groups in total. The lowest BCUT2D eigenvalue weighted by atomic mass is 10.0. The number of carbonyl (C=O) groups excluding carboxylic acids is 1. The largest absolute Gasteiger partial charge is 0.508 e. The third-order valence-electron chi connectivity index (χ3n) is 5.42. The van der Waals surface area contributed by atoms with Crippen LogP contribution in [0.2, 0.25) is 0 Å². The van der Waals surface area contributed by atoms with Crippen LogP contribution in [0.4, 0.5) is 5.69 Å². The van der Waals surface area contributed by atoms with Gasteiger partial charge in [0.1, 0.15) is 5.75 Å². The van der Waals surface area contributed by atoms with E-state index >= 15 is 0 Å². The van der Waals surface area contributed by atoms with Crippen molar-refractivity contribution in [3.05, 3.63) is 59.7 Å². The van der Waals surface area contributed by atoms with Crippen molar-refractivity contribution >= 4 is 21.6 Å². The van der Waals surface area contributed by atoms with Gasteiger partial charge in [-0.2, -0.15) is 0 Å². The van der Waals surface area contributed by atoms with E-state index in [4.69, 9.17) is 0 Å². The number of hydrogen-bond donors (Lipinski definition) is 2. The molecule has 8 heteroatoms. The molecule has 0 aromatic heterocycles. The highest BCUT2D eigenvalue weighted by molar-refractivity contribution is 7.92. The van der Waals surface area contributed by atoms with E-state index in [0.29, 0.717) is 11.3 Å². The summed E-state index contributed by atoms with van der Waals surface area (Å²) < 4.78 is 25.8. The smallest absolute Gasteiger partial charge is 0.229 e. The number of rotatable bonds is 8. The maximum Gasteiger partial charge on any atom is 0.229 e. The van der Waals surface area contributed by atoms with Crippen molar-refractivity contribution in [1.82, 2.24) is 9.80 Å². The molecule has 1 saturated heterocycles. The molecule has 0 bridgehead atoms. The summed E-state index contributed by atoms with van der Waals surface area (Å²) in [5, 5.41) is 9.64. The second-order valence-electron chi connectivity index (χ2n) is 7.83. The number of likely N-dealkylation sites (N-methyl/N-ethyl adjacent to an activating group) is 1. The third-order valence-corrected chi connectivity index (χ3v) is 6.01. The van der Waals surface area contributed by atoms with E-state index in [9.17, 15) is 18.3 Å². The molecule has 162 valence electrons. The number of sulfonamides is 1. The summed E-state index contributed by atoms with van der Waals surface area (Å²) in [4.78, 5) is 17.2. The highest BCUT2D eigenvalue weighted by Crippen LogP contribution is 2.26. The molecular weight excluding hydrogens is 402 g/mol. The molecule has 2 aromatic carbocycles. The van der Waals surface area contributed by atoms with E-state index in [1.807, 2.05) is 12.1 Å². The monoisotopic (exact) mass is 431 g/mol. The van der Waals surface area contributed by atoms with Crippen molar-refractivity contribution < 1.29 is 18.3 Å².